The van der Waals surface area contributed by atoms with Crippen molar-refractivity contribution in [3.63, 3.8) is 0 Å². The van der Waals surface area contributed by atoms with Gasteiger partial charge < -0.3 is 14.5 Å². The maximum atomic E-state index is 13.7. The predicted octanol–water partition coefficient (Wildman–Crippen LogP) is 1.09. The molecule has 154 valence electrons. The van der Waals surface area contributed by atoms with Crippen LogP contribution in [0.3, 0.4) is 0 Å². The highest BCUT2D eigenvalue weighted by Gasteiger charge is 2.51. The van der Waals surface area contributed by atoms with Crippen LogP contribution >= 0.6 is 0 Å². The van der Waals surface area contributed by atoms with E-state index < -0.39 is 11.2 Å². The van der Waals surface area contributed by atoms with E-state index in [9.17, 15) is 14.0 Å². The Morgan fingerprint density at radius 2 is 1.90 bits per heavy atom. The molecule has 3 fully saturated rings. The van der Waals surface area contributed by atoms with Crippen molar-refractivity contribution in [2.75, 3.05) is 59.0 Å². The topological polar surface area (TPSA) is 76.9 Å². The Balaban J connectivity index is 1.38. The van der Waals surface area contributed by atoms with Gasteiger partial charge in [-0.1, -0.05) is 0 Å². The van der Waals surface area contributed by atoms with Crippen LogP contribution in [0.5, 0.6) is 0 Å². The molecule has 1 aromatic carbocycles. The summed E-state index contributed by atoms with van der Waals surface area (Å²) in [6.07, 6.45) is 1.37. The third-order valence-corrected chi connectivity index (χ3v) is 6.31. The molecular formula is C21H25FN4O3. The van der Waals surface area contributed by atoms with Crippen molar-refractivity contribution in [2.45, 2.75) is 12.8 Å². The Morgan fingerprint density at radius 1 is 1.14 bits per heavy atom. The molecule has 1 unspecified atom stereocenters. The minimum Gasteiger partial charge on any atom is -0.379 e. The summed E-state index contributed by atoms with van der Waals surface area (Å²) < 4.78 is 19.1. The van der Waals surface area contributed by atoms with Crippen molar-refractivity contribution in [1.82, 2.24) is 14.7 Å². The Hall–Kier alpha value is -2.50. The smallest absolute Gasteiger partial charge is 0.254 e. The van der Waals surface area contributed by atoms with Gasteiger partial charge in [0, 0.05) is 51.4 Å². The third-order valence-electron chi connectivity index (χ3n) is 6.31. The van der Waals surface area contributed by atoms with Crippen LogP contribution in [0.2, 0.25) is 0 Å². The molecule has 1 spiro atoms. The molecule has 0 N–H and O–H groups in total. The van der Waals surface area contributed by atoms with Crippen molar-refractivity contribution in [3.05, 3.63) is 35.1 Å². The molecule has 0 bridgehead atoms. The zero-order valence-corrected chi connectivity index (χ0v) is 16.4. The van der Waals surface area contributed by atoms with E-state index in [1.165, 1.54) is 6.07 Å². The number of morpholine rings is 1. The average Bonchev–Trinajstić information content (AvgIpc) is 3.31. The van der Waals surface area contributed by atoms with Crippen LogP contribution in [-0.2, 0) is 9.53 Å². The highest BCUT2D eigenvalue weighted by atomic mass is 19.1. The molecule has 0 aliphatic carbocycles. The zero-order valence-electron chi connectivity index (χ0n) is 16.4. The number of hydrogen-bond donors (Lipinski definition) is 0. The Labute approximate surface area is 169 Å². The lowest BCUT2D eigenvalue weighted by molar-refractivity contribution is -0.135. The summed E-state index contributed by atoms with van der Waals surface area (Å²) >= 11 is 0. The van der Waals surface area contributed by atoms with Gasteiger partial charge in [0.25, 0.3) is 5.91 Å². The lowest BCUT2D eigenvalue weighted by atomic mass is 9.85. The van der Waals surface area contributed by atoms with E-state index in [2.05, 4.69) is 4.90 Å². The lowest BCUT2D eigenvalue weighted by Crippen LogP contribution is -2.43. The van der Waals surface area contributed by atoms with Crippen molar-refractivity contribution in [1.29, 1.82) is 5.26 Å². The molecular weight excluding hydrogens is 375 g/mol. The van der Waals surface area contributed by atoms with Gasteiger partial charge in [-0.05, 0) is 31.0 Å². The molecule has 0 saturated carbocycles. The largest absolute Gasteiger partial charge is 0.379 e. The molecule has 29 heavy (non-hydrogen) atoms. The van der Waals surface area contributed by atoms with Crippen LogP contribution < -0.4 is 0 Å². The summed E-state index contributed by atoms with van der Waals surface area (Å²) in [6.45, 7) is 6.35. The van der Waals surface area contributed by atoms with Crippen molar-refractivity contribution in [2.24, 2.45) is 5.41 Å². The van der Waals surface area contributed by atoms with Crippen LogP contribution in [0, 0.1) is 22.6 Å². The number of hydrogen-bond acceptors (Lipinski definition) is 5. The van der Waals surface area contributed by atoms with E-state index in [1.807, 2.05) is 11.0 Å². The van der Waals surface area contributed by atoms with E-state index in [1.54, 1.807) is 4.90 Å². The summed E-state index contributed by atoms with van der Waals surface area (Å²) in [6, 6.07) is 5.54. The average molecular weight is 400 g/mol. The molecule has 1 atom stereocenters. The molecule has 3 aliphatic rings. The Bertz CT molecular complexity index is 849. The molecule has 4 rings (SSSR count). The fourth-order valence-corrected chi connectivity index (χ4v) is 4.58. The SMILES string of the molecule is N#Cc1cc(F)cc(C(=O)N2CCC3(CCN(CCN4CCOCC4)C3=O)C2)c1. The second-order valence-electron chi connectivity index (χ2n) is 8.09. The summed E-state index contributed by atoms with van der Waals surface area (Å²) in [5.74, 6) is -0.803. The van der Waals surface area contributed by atoms with Gasteiger partial charge in [0.2, 0.25) is 5.91 Å². The second kappa shape index (κ2) is 8.09. The second-order valence-corrected chi connectivity index (χ2v) is 8.09. The molecule has 0 aromatic heterocycles. The first kappa shape index (κ1) is 19.8. The van der Waals surface area contributed by atoms with Crippen molar-refractivity contribution >= 4 is 11.8 Å². The van der Waals surface area contributed by atoms with E-state index in [0.717, 1.165) is 51.4 Å². The van der Waals surface area contributed by atoms with Crippen LogP contribution in [0.1, 0.15) is 28.8 Å². The number of nitriles is 1. The van der Waals surface area contributed by atoms with Crippen molar-refractivity contribution in [3.8, 4) is 6.07 Å². The maximum absolute atomic E-state index is 13.7. The zero-order chi connectivity index (χ0) is 20.4. The first-order valence-corrected chi connectivity index (χ1v) is 10.1. The van der Waals surface area contributed by atoms with Gasteiger partial charge in [-0.2, -0.15) is 5.26 Å². The fraction of sp³-hybridized carbons (Fsp3) is 0.571. The number of carbonyl (C=O) groups excluding carboxylic acids is 2. The molecule has 3 heterocycles. The molecule has 3 saturated heterocycles. The van der Waals surface area contributed by atoms with Gasteiger partial charge in [-0.25, -0.2) is 4.39 Å². The number of nitrogens with zero attached hydrogens (tertiary/aromatic N) is 4. The van der Waals surface area contributed by atoms with Gasteiger partial charge in [-0.3, -0.25) is 14.5 Å². The minimum atomic E-state index is -0.604. The standard InChI is InChI=1S/C21H25FN4O3/c22-18-12-16(14-23)11-17(13-18)19(27)26-4-2-21(15-26)1-3-25(20(21)28)6-5-24-7-9-29-10-8-24/h11-13H,1-10,15H2. The summed E-state index contributed by atoms with van der Waals surface area (Å²) in [4.78, 5) is 31.8. The quantitative estimate of drug-likeness (QED) is 0.756. The van der Waals surface area contributed by atoms with E-state index in [-0.39, 0.29) is 22.9 Å². The monoisotopic (exact) mass is 400 g/mol. The van der Waals surface area contributed by atoms with E-state index >= 15 is 0 Å². The van der Waals surface area contributed by atoms with Crippen LogP contribution in [0.25, 0.3) is 0 Å². The highest BCUT2D eigenvalue weighted by molar-refractivity contribution is 5.96. The first-order valence-electron chi connectivity index (χ1n) is 10.1. The molecule has 2 amide bonds. The number of benzene rings is 1. The normalized spacial score (nSPS) is 25.0. The van der Waals surface area contributed by atoms with Gasteiger partial charge >= 0.3 is 0 Å². The van der Waals surface area contributed by atoms with Gasteiger partial charge in [0.15, 0.2) is 0 Å². The third kappa shape index (κ3) is 3.98. The number of ether oxygens (including phenoxy) is 1. The van der Waals surface area contributed by atoms with Gasteiger partial charge in [0.1, 0.15) is 5.82 Å². The summed E-state index contributed by atoms with van der Waals surface area (Å²) in [5.41, 5.74) is -0.242. The number of halogens is 1. The van der Waals surface area contributed by atoms with Gasteiger partial charge in [-0.15, -0.1) is 0 Å². The highest BCUT2D eigenvalue weighted by Crippen LogP contribution is 2.41. The summed E-state index contributed by atoms with van der Waals surface area (Å²) in [5, 5.41) is 9.01. The molecule has 1 aromatic rings. The molecule has 0 radical (unpaired) electrons. The minimum absolute atomic E-state index is 0.119. The van der Waals surface area contributed by atoms with Crippen LogP contribution in [0.15, 0.2) is 18.2 Å². The molecule has 3 aliphatic heterocycles. The van der Waals surface area contributed by atoms with E-state index in [4.69, 9.17) is 10.00 Å². The number of carbonyl (C=O) groups is 2. The van der Waals surface area contributed by atoms with Crippen LogP contribution in [0.4, 0.5) is 4.39 Å². The van der Waals surface area contributed by atoms with Crippen LogP contribution in [-0.4, -0.2) is 85.5 Å². The fourth-order valence-electron chi connectivity index (χ4n) is 4.58. The number of likely N-dealkylation sites (tertiary alicyclic amines) is 2. The lowest BCUT2D eigenvalue weighted by Gasteiger charge is -2.29. The van der Waals surface area contributed by atoms with Crippen molar-refractivity contribution < 1.29 is 18.7 Å². The Morgan fingerprint density at radius 3 is 2.66 bits per heavy atom. The predicted molar refractivity (Wildman–Crippen MR) is 103 cm³/mol. The van der Waals surface area contributed by atoms with E-state index in [0.29, 0.717) is 32.6 Å². The van der Waals surface area contributed by atoms with Gasteiger partial charge in [0.05, 0.1) is 30.3 Å². The first-order chi connectivity index (χ1) is 14.0. The number of rotatable bonds is 4. The molecule has 8 heteroatoms. The summed E-state index contributed by atoms with van der Waals surface area (Å²) in [7, 11) is 0. The maximum Gasteiger partial charge on any atom is 0.254 e. The number of amides is 2. The Kier molecular flexibility index (Phi) is 5.52. The molecule has 7 nitrogen and oxygen atoms in total.